The summed E-state index contributed by atoms with van der Waals surface area (Å²) < 4.78 is 46.8. The van der Waals surface area contributed by atoms with Crippen LogP contribution in [-0.4, -0.2) is 41.1 Å². The summed E-state index contributed by atoms with van der Waals surface area (Å²) in [5, 5.41) is 14.6. The number of alkyl halides is 3. The lowest BCUT2D eigenvalue weighted by Crippen LogP contribution is -2.17. The van der Waals surface area contributed by atoms with Crippen molar-refractivity contribution in [3.63, 3.8) is 0 Å². The third kappa shape index (κ3) is 6.76. The van der Waals surface area contributed by atoms with Crippen LogP contribution in [-0.2, 0) is 11.3 Å². The van der Waals surface area contributed by atoms with E-state index in [1.54, 1.807) is 25.3 Å². The summed E-state index contributed by atoms with van der Waals surface area (Å²) in [6, 6.07) is 14.2. The number of hydrogen-bond acceptors (Lipinski definition) is 7. The molecule has 0 saturated carbocycles. The first-order valence-corrected chi connectivity index (χ1v) is 9.29. The number of aliphatic carboxylic acids is 1. The first kappa shape index (κ1) is 22.7. The summed E-state index contributed by atoms with van der Waals surface area (Å²) in [7, 11) is 1.56. The van der Waals surface area contributed by atoms with Crippen LogP contribution in [0.2, 0.25) is 0 Å². The van der Waals surface area contributed by atoms with Gasteiger partial charge in [0.25, 0.3) is 0 Å². The summed E-state index contributed by atoms with van der Waals surface area (Å²) in [6.45, 7) is -0.0702. The second-order valence-corrected chi connectivity index (χ2v) is 6.49. The van der Waals surface area contributed by atoms with Crippen LogP contribution in [0, 0.1) is 0 Å². The Kier molecular flexibility index (Phi) is 6.98. The molecule has 168 valence electrons. The van der Waals surface area contributed by atoms with Crippen LogP contribution in [0.25, 0.3) is 11.3 Å². The van der Waals surface area contributed by atoms with E-state index in [0.717, 1.165) is 5.56 Å². The number of nitrogens with zero attached hydrogens (tertiary/aromatic N) is 2. The maximum absolute atomic E-state index is 12.6. The number of hydrogen-bond donors (Lipinski definition) is 3. The van der Waals surface area contributed by atoms with Gasteiger partial charge in [-0.15, -0.1) is 13.2 Å². The molecule has 0 bridgehead atoms. The number of methoxy groups -OCH3 is 1. The lowest BCUT2D eigenvalue weighted by Gasteiger charge is -2.13. The zero-order chi connectivity index (χ0) is 23.1. The molecule has 8 nitrogen and oxygen atoms in total. The summed E-state index contributed by atoms with van der Waals surface area (Å²) in [4.78, 5) is 19.3. The minimum absolute atomic E-state index is 0.000171. The van der Waals surface area contributed by atoms with Crippen LogP contribution >= 0.6 is 0 Å². The van der Waals surface area contributed by atoms with E-state index in [0.29, 0.717) is 23.7 Å². The SMILES string of the molecule is COc1cccc(CNc2cc(-c3cccc(OC(F)(F)F)c3)nc(NCC(=O)O)n2)c1. The van der Waals surface area contributed by atoms with Crippen molar-refractivity contribution < 1.29 is 32.5 Å². The van der Waals surface area contributed by atoms with Crippen LogP contribution in [0.15, 0.2) is 54.6 Å². The zero-order valence-electron chi connectivity index (χ0n) is 16.8. The van der Waals surface area contributed by atoms with Crippen molar-refractivity contribution in [1.82, 2.24) is 9.97 Å². The Balaban J connectivity index is 1.89. The van der Waals surface area contributed by atoms with Crippen molar-refractivity contribution >= 4 is 17.7 Å². The predicted molar refractivity (Wildman–Crippen MR) is 111 cm³/mol. The maximum atomic E-state index is 12.6. The van der Waals surface area contributed by atoms with Gasteiger partial charge < -0.3 is 25.2 Å². The Labute approximate surface area is 181 Å². The van der Waals surface area contributed by atoms with Crippen LogP contribution in [0.3, 0.4) is 0 Å². The van der Waals surface area contributed by atoms with E-state index in [1.165, 1.54) is 18.2 Å². The minimum atomic E-state index is -4.83. The zero-order valence-corrected chi connectivity index (χ0v) is 16.8. The monoisotopic (exact) mass is 448 g/mol. The van der Waals surface area contributed by atoms with Crippen molar-refractivity contribution in [2.24, 2.45) is 0 Å². The molecule has 0 atom stereocenters. The van der Waals surface area contributed by atoms with Crippen molar-refractivity contribution in [2.45, 2.75) is 12.9 Å². The maximum Gasteiger partial charge on any atom is 0.573 e. The first-order valence-electron chi connectivity index (χ1n) is 9.29. The number of aromatic nitrogens is 2. The fourth-order valence-electron chi connectivity index (χ4n) is 2.75. The van der Waals surface area contributed by atoms with E-state index in [4.69, 9.17) is 9.84 Å². The number of carbonyl (C=O) groups is 1. The molecule has 0 spiro atoms. The van der Waals surface area contributed by atoms with E-state index in [-0.39, 0.29) is 11.6 Å². The highest BCUT2D eigenvalue weighted by molar-refractivity contribution is 5.72. The number of rotatable bonds is 9. The van der Waals surface area contributed by atoms with Crippen molar-refractivity contribution in [2.75, 3.05) is 24.3 Å². The highest BCUT2D eigenvalue weighted by Gasteiger charge is 2.31. The van der Waals surface area contributed by atoms with Gasteiger partial charge in [-0.2, -0.15) is 4.98 Å². The molecule has 0 saturated heterocycles. The lowest BCUT2D eigenvalue weighted by atomic mass is 10.1. The Morgan fingerprint density at radius 1 is 1.03 bits per heavy atom. The van der Waals surface area contributed by atoms with Crippen molar-refractivity contribution in [3.05, 3.63) is 60.2 Å². The van der Waals surface area contributed by atoms with Crippen LogP contribution in [0.5, 0.6) is 11.5 Å². The molecular formula is C21H19F3N4O4. The highest BCUT2D eigenvalue weighted by atomic mass is 19.4. The Morgan fingerprint density at radius 2 is 1.78 bits per heavy atom. The molecule has 11 heteroatoms. The van der Waals surface area contributed by atoms with Gasteiger partial charge in [0, 0.05) is 18.2 Å². The van der Waals surface area contributed by atoms with E-state index in [2.05, 4.69) is 25.3 Å². The van der Waals surface area contributed by atoms with Gasteiger partial charge in [-0.25, -0.2) is 4.98 Å². The predicted octanol–water partition coefficient (Wildman–Crippen LogP) is 4.16. The molecule has 2 aromatic carbocycles. The van der Waals surface area contributed by atoms with Gasteiger partial charge >= 0.3 is 12.3 Å². The molecule has 1 aromatic heterocycles. The van der Waals surface area contributed by atoms with Gasteiger partial charge in [-0.3, -0.25) is 4.79 Å². The molecule has 0 aliphatic rings. The molecule has 1 heterocycles. The Bertz CT molecular complexity index is 1090. The van der Waals surface area contributed by atoms with Crippen LogP contribution in [0.4, 0.5) is 24.9 Å². The van der Waals surface area contributed by atoms with Gasteiger partial charge in [-0.1, -0.05) is 24.3 Å². The normalized spacial score (nSPS) is 11.0. The molecule has 0 radical (unpaired) electrons. The topological polar surface area (TPSA) is 106 Å². The molecule has 0 aliphatic heterocycles. The van der Waals surface area contributed by atoms with Gasteiger partial charge in [0.05, 0.1) is 12.8 Å². The fraction of sp³-hybridized carbons (Fsp3) is 0.190. The smallest absolute Gasteiger partial charge is 0.497 e. The number of benzene rings is 2. The van der Waals surface area contributed by atoms with Gasteiger partial charge in [0.15, 0.2) is 0 Å². The van der Waals surface area contributed by atoms with Gasteiger partial charge in [0.2, 0.25) is 5.95 Å². The lowest BCUT2D eigenvalue weighted by molar-refractivity contribution is -0.274. The molecule has 32 heavy (non-hydrogen) atoms. The largest absolute Gasteiger partial charge is 0.573 e. The molecule has 3 aromatic rings. The summed E-state index contributed by atoms with van der Waals surface area (Å²) in [6.07, 6.45) is -4.83. The van der Waals surface area contributed by atoms with Gasteiger partial charge in [-0.05, 0) is 29.8 Å². The number of ether oxygens (including phenoxy) is 2. The fourth-order valence-corrected chi connectivity index (χ4v) is 2.75. The van der Waals surface area contributed by atoms with E-state index < -0.39 is 24.6 Å². The third-order valence-electron chi connectivity index (χ3n) is 4.10. The molecule has 3 N–H and O–H groups in total. The van der Waals surface area contributed by atoms with E-state index in [9.17, 15) is 18.0 Å². The Hall–Kier alpha value is -4.02. The molecule has 0 fully saturated rings. The number of nitrogens with one attached hydrogen (secondary N) is 2. The first-order chi connectivity index (χ1) is 15.2. The number of anilines is 2. The third-order valence-corrected chi connectivity index (χ3v) is 4.10. The quantitative estimate of drug-likeness (QED) is 0.448. The number of carboxylic acids is 1. The average molecular weight is 448 g/mol. The second kappa shape index (κ2) is 9.86. The molecule has 0 aliphatic carbocycles. The highest BCUT2D eigenvalue weighted by Crippen LogP contribution is 2.28. The number of carboxylic acid groups (broad SMARTS) is 1. The van der Waals surface area contributed by atoms with E-state index >= 15 is 0 Å². The standard InChI is InChI=1S/C21H19F3N4O4/c1-31-15-6-2-4-13(8-15)11-25-18-10-17(27-20(28-18)26-12-19(29)30)14-5-3-7-16(9-14)32-21(22,23)24/h2-10H,11-12H2,1H3,(H,29,30)(H2,25,26,27,28). The van der Waals surface area contributed by atoms with Crippen LogP contribution < -0.4 is 20.1 Å². The summed E-state index contributed by atoms with van der Waals surface area (Å²) >= 11 is 0. The average Bonchev–Trinajstić information content (AvgIpc) is 2.75. The second-order valence-electron chi connectivity index (χ2n) is 6.49. The summed E-state index contributed by atoms with van der Waals surface area (Å²) in [5.41, 5.74) is 1.50. The minimum Gasteiger partial charge on any atom is -0.497 e. The van der Waals surface area contributed by atoms with Crippen molar-refractivity contribution in [3.8, 4) is 22.8 Å². The number of halogens is 3. The van der Waals surface area contributed by atoms with Crippen molar-refractivity contribution in [1.29, 1.82) is 0 Å². The summed E-state index contributed by atoms with van der Waals surface area (Å²) in [5.74, 6) is -0.504. The molecular weight excluding hydrogens is 429 g/mol. The molecule has 0 amide bonds. The molecule has 0 unspecified atom stereocenters. The Morgan fingerprint density at radius 3 is 2.50 bits per heavy atom. The van der Waals surface area contributed by atoms with Crippen LogP contribution in [0.1, 0.15) is 5.56 Å². The molecule has 3 rings (SSSR count). The van der Waals surface area contributed by atoms with Gasteiger partial charge in [0.1, 0.15) is 23.9 Å². The van der Waals surface area contributed by atoms with E-state index in [1.807, 2.05) is 18.2 Å².